The van der Waals surface area contributed by atoms with Crippen molar-refractivity contribution in [3.63, 3.8) is 0 Å². The van der Waals surface area contributed by atoms with E-state index in [9.17, 15) is 0 Å². The molecular formula is C13H20I+. The molecular weight excluding hydrogens is 283 g/mol. The molecule has 1 aromatic carbocycles. The summed E-state index contributed by atoms with van der Waals surface area (Å²) in [6.45, 7) is 6.81. The van der Waals surface area contributed by atoms with Gasteiger partial charge in [-0.1, -0.05) is 44.5 Å². The first-order chi connectivity index (χ1) is 6.65. The van der Waals surface area contributed by atoms with Gasteiger partial charge in [-0.2, -0.15) is 0 Å². The molecule has 1 rings (SSSR count). The molecule has 14 heavy (non-hydrogen) atoms. The van der Waals surface area contributed by atoms with Gasteiger partial charge in [0.2, 0.25) is 0 Å². The largest absolute Gasteiger partial charge is 0.260 e. The van der Waals surface area contributed by atoms with Gasteiger partial charge in [-0.3, -0.25) is 0 Å². The van der Waals surface area contributed by atoms with Crippen molar-refractivity contribution in [1.82, 2.24) is 0 Å². The van der Waals surface area contributed by atoms with Gasteiger partial charge in [-0.05, 0) is 24.8 Å². The maximum Gasteiger partial charge on any atom is 0.260 e. The Morgan fingerprint density at radius 1 is 1.07 bits per heavy atom. The average Bonchev–Trinajstić information content (AvgIpc) is 2.18. The minimum atomic E-state index is 0.654. The molecule has 0 fully saturated rings. The minimum Gasteiger partial charge on any atom is -0.0654 e. The number of halogens is 1. The molecule has 0 saturated carbocycles. The number of benzene rings is 1. The smallest absolute Gasteiger partial charge is 0.0654 e. The van der Waals surface area contributed by atoms with Crippen LogP contribution >= 0.6 is 0 Å². The van der Waals surface area contributed by atoms with Crippen LogP contribution < -0.4 is 22.6 Å². The van der Waals surface area contributed by atoms with Gasteiger partial charge >= 0.3 is 0 Å². The normalized spacial score (nSPS) is 15.1. The van der Waals surface area contributed by atoms with E-state index in [0.717, 1.165) is 0 Å². The summed E-state index contributed by atoms with van der Waals surface area (Å²) < 4.78 is 0.654. The number of rotatable bonds is 4. The number of hydrogen-bond acceptors (Lipinski definition) is 0. The van der Waals surface area contributed by atoms with Gasteiger partial charge in [0.05, 0.1) is 0 Å². The van der Waals surface area contributed by atoms with E-state index in [2.05, 4.69) is 67.6 Å². The zero-order valence-corrected chi connectivity index (χ0v) is 11.6. The molecule has 2 atom stereocenters. The molecule has 0 N–H and O–H groups in total. The van der Waals surface area contributed by atoms with Gasteiger partial charge in [0.25, 0.3) is 22.6 Å². The van der Waals surface area contributed by atoms with Crippen molar-refractivity contribution >= 4 is 0 Å². The Bertz CT molecular complexity index is 261. The summed E-state index contributed by atoms with van der Waals surface area (Å²) in [4.78, 5) is 0. The minimum absolute atomic E-state index is 0.654. The second-order valence-corrected chi connectivity index (χ2v) is 6.02. The maximum absolute atomic E-state index is 2.31. The van der Waals surface area contributed by atoms with E-state index in [1.54, 1.807) is 0 Å². The first kappa shape index (κ1) is 12.0. The van der Waals surface area contributed by atoms with Crippen LogP contribution in [0.5, 0.6) is 0 Å². The van der Waals surface area contributed by atoms with Crippen molar-refractivity contribution in [3.8, 4) is 0 Å². The molecule has 0 bridgehead atoms. The van der Waals surface area contributed by atoms with Gasteiger partial charge in [-0.25, -0.2) is 0 Å². The Hall–Kier alpha value is -0.0500. The molecule has 0 nitrogen and oxygen atoms in total. The Morgan fingerprint density at radius 2 is 1.57 bits per heavy atom. The monoisotopic (exact) mass is 303 g/mol. The van der Waals surface area contributed by atoms with E-state index < -0.39 is 0 Å². The lowest BCUT2D eigenvalue weighted by molar-refractivity contribution is -0.420. The van der Waals surface area contributed by atoms with Crippen molar-refractivity contribution in [2.24, 2.45) is 0 Å². The van der Waals surface area contributed by atoms with Crippen LogP contribution in [0.25, 0.3) is 0 Å². The van der Waals surface area contributed by atoms with E-state index >= 15 is 0 Å². The molecule has 1 heteroatoms. The highest BCUT2D eigenvalue weighted by Gasteiger charge is 2.09. The fourth-order valence-corrected chi connectivity index (χ4v) is 2.14. The van der Waals surface area contributed by atoms with Crippen molar-refractivity contribution in [3.05, 3.63) is 35.4 Å². The second-order valence-electron chi connectivity index (χ2n) is 4.00. The third kappa shape index (κ3) is 3.26. The Labute approximate surface area is 101 Å². The molecule has 0 aromatic heterocycles. The van der Waals surface area contributed by atoms with Crippen LogP contribution in [0.4, 0.5) is 0 Å². The lowest BCUT2D eigenvalue weighted by atomic mass is 9.95. The highest BCUT2D eigenvalue weighted by molar-refractivity contribution is 5.25. The SMILES string of the molecule is CCCC(C)c1ccc(C(C)[IH+])cc1. The van der Waals surface area contributed by atoms with Crippen LogP contribution in [0.1, 0.15) is 54.6 Å². The first-order valence-corrected chi connectivity index (χ1v) is 6.75. The topological polar surface area (TPSA) is 0 Å². The fourth-order valence-electron chi connectivity index (χ4n) is 1.70. The highest BCUT2D eigenvalue weighted by Crippen LogP contribution is 2.21. The molecule has 0 radical (unpaired) electrons. The molecule has 0 saturated heterocycles. The predicted molar refractivity (Wildman–Crippen MR) is 59.6 cm³/mol. The Morgan fingerprint density at radius 3 is 2.00 bits per heavy atom. The van der Waals surface area contributed by atoms with E-state index in [-0.39, 0.29) is 0 Å². The summed E-state index contributed by atoms with van der Waals surface area (Å²) in [5.74, 6) is 0.710. The summed E-state index contributed by atoms with van der Waals surface area (Å²) in [6, 6.07) is 9.12. The number of alkyl halides is 1. The molecule has 2 unspecified atom stereocenters. The Balaban J connectivity index is 2.72. The van der Waals surface area contributed by atoms with Crippen LogP contribution in [-0.2, 0) is 0 Å². The van der Waals surface area contributed by atoms with Crippen molar-refractivity contribution in [1.29, 1.82) is 0 Å². The number of hydrogen-bond donors (Lipinski definition) is 0. The summed E-state index contributed by atoms with van der Waals surface area (Å²) in [5.41, 5.74) is 2.93. The van der Waals surface area contributed by atoms with Gasteiger partial charge < -0.3 is 0 Å². The quantitative estimate of drug-likeness (QED) is 0.574. The van der Waals surface area contributed by atoms with Crippen molar-refractivity contribution < 1.29 is 22.6 Å². The second kappa shape index (κ2) is 5.74. The summed E-state index contributed by atoms with van der Waals surface area (Å²) in [6.07, 6.45) is 2.56. The lowest BCUT2D eigenvalue weighted by Crippen LogP contribution is -3.35. The van der Waals surface area contributed by atoms with E-state index in [1.807, 2.05) is 0 Å². The van der Waals surface area contributed by atoms with Crippen molar-refractivity contribution in [2.75, 3.05) is 0 Å². The van der Waals surface area contributed by atoms with Crippen LogP contribution in [0.3, 0.4) is 0 Å². The third-order valence-corrected chi connectivity index (χ3v) is 3.47. The van der Waals surface area contributed by atoms with E-state index in [4.69, 9.17) is 0 Å². The highest BCUT2D eigenvalue weighted by atomic mass is 127. The predicted octanol–water partition coefficient (Wildman–Crippen LogP) is 0.937. The van der Waals surface area contributed by atoms with Gasteiger partial charge in [0.15, 0.2) is 3.92 Å². The van der Waals surface area contributed by atoms with E-state index in [0.29, 0.717) is 9.84 Å². The van der Waals surface area contributed by atoms with Gasteiger partial charge in [0, 0.05) is 5.56 Å². The molecule has 0 spiro atoms. The van der Waals surface area contributed by atoms with Crippen LogP contribution in [0.2, 0.25) is 0 Å². The van der Waals surface area contributed by atoms with Gasteiger partial charge in [-0.15, -0.1) is 0 Å². The first-order valence-electron chi connectivity index (χ1n) is 5.40. The molecule has 0 amide bonds. The van der Waals surface area contributed by atoms with E-state index in [1.165, 1.54) is 24.0 Å². The average molecular weight is 303 g/mol. The van der Waals surface area contributed by atoms with Crippen LogP contribution in [0, 0.1) is 0 Å². The lowest BCUT2D eigenvalue weighted by Gasteiger charge is -2.10. The zero-order valence-electron chi connectivity index (χ0n) is 9.29. The summed E-state index contributed by atoms with van der Waals surface area (Å²) in [7, 11) is 0. The zero-order chi connectivity index (χ0) is 10.6. The molecule has 1 aromatic rings. The molecule has 0 aliphatic carbocycles. The molecule has 0 aliphatic rings. The summed E-state index contributed by atoms with van der Waals surface area (Å²) in [5, 5.41) is 0. The standard InChI is InChI=1S/C13H20I/c1-4-5-10(2)12-6-8-13(9-7-12)11(3)14/h6-11,14H,4-5H2,1-3H3/q+1. The molecule has 0 aliphatic heterocycles. The molecule has 78 valence electrons. The van der Waals surface area contributed by atoms with Gasteiger partial charge in [0.1, 0.15) is 0 Å². The molecule has 0 heterocycles. The van der Waals surface area contributed by atoms with Crippen LogP contribution in [0.15, 0.2) is 24.3 Å². The third-order valence-electron chi connectivity index (χ3n) is 2.70. The van der Waals surface area contributed by atoms with Crippen LogP contribution in [-0.4, -0.2) is 0 Å². The summed E-state index contributed by atoms with van der Waals surface area (Å²) >= 11 is 2.17. The fraction of sp³-hybridized carbons (Fsp3) is 0.538. The van der Waals surface area contributed by atoms with Crippen molar-refractivity contribution in [2.45, 2.75) is 43.5 Å². The maximum atomic E-state index is 2.31. The Kier molecular flexibility index (Phi) is 4.93.